The SMILES string of the molecule is Cc1cc([C@H]2CCCN(C(=O)COc3ccccc3F)C2)n[nH]1. The zero-order chi connectivity index (χ0) is 16.2. The van der Waals surface area contributed by atoms with Crippen molar-refractivity contribution in [2.45, 2.75) is 25.7 Å². The number of rotatable bonds is 4. The van der Waals surface area contributed by atoms with Gasteiger partial charge in [-0.2, -0.15) is 5.10 Å². The fraction of sp³-hybridized carbons (Fsp3) is 0.412. The van der Waals surface area contributed by atoms with Gasteiger partial charge in [0.25, 0.3) is 5.91 Å². The number of para-hydroxylation sites is 1. The second-order valence-electron chi connectivity index (χ2n) is 5.87. The molecule has 1 aromatic heterocycles. The molecule has 1 aliphatic rings. The molecule has 2 heterocycles. The van der Waals surface area contributed by atoms with Crippen molar-refractivity contribution in [1.29, 1.82) is 0 Å². The van der Waals surface area contributed by atoms with Crippen LogP contribution in [0.3, 0.4) is 0 Å². The highest BCUT2D eigenvalue weighted by atomic mass is 19.1. The summed E-state index contributed by atoms with van der Waals surface area (Å²) in [6.45, 7) is 3.15. The molecule has 1 aliphatic heterocycles. The number of piperidine rings is 1. The van der Waals surface area contributed by atoms with Gasteiger partial charge in [0.05, 0.1) is 5.69 Å². The van der Waals surface area contributed by atoms with Gasteiger partial charge >= 0.3 is 0 Å². The summed E-state index contributed by atoms with van der Waals surface area (Å²) in [7, 11) is 0. The van der Waals surface area contributed by atoms with Crippen molar-refractivity contribution in [1.82, 2.24) is 15.1 Å². The van der Waals surface area contributed by atoms with Gasteiger partial charge in [0.1, 0.15) is 0 Å². The number of ether oxygens (including phenoxy) is 1. The molecule has 6 heteroatoms. The number of nitrogens with zero attached hydrogens (tertiary/aromatic N) is 2. The summed E-state index contributed by atoms with van der Waals surface area (Å²) < 4.78 is 18.8. The minimum absolute atomic E-state index is 0.109. The van der Waals surface area contributed by atoms with Crippen LogP contribution in [-0.2, 0) is 4.79 Å². The van der Waals surface area contributed by atoms with E-state index in [1.54, 1.807) is 17.0 Å². The molecule has 0 aliphatic carbocycles. The van der Waals surface area contributed by atoms with Crippen molar-refractivity contribution in [3.63, 3.8) is 0 Å². The summed E-state index contributed by atoms with van der Waals surface area (Å²) in [6, 6.07) is 8.13. The van der Waals surface area contributed by atoms with Crippen LogP contribution in [-0.4, -0.2) is 40.7 Å². The van der Waals surface area contributed by atoms with Gasteiger partial charge in [-0.1, -0.05) is 12.1 Å². The van der Waals surface area contributed by atoms with E-state index in [-0.39, 0.29) is 24.2 Å². The third-order valence-electron chi connectivity index (χ3n) is 4.11. The van der Waals surface area contributed by atoms with E-state index in [0.717, 1.165) is 24.2 Å². The smallest absolute Gasteiger partial charge is 0.260 e. The second kappa shape index (κ2) is 6.81. The van der Waals surface area contributed by atoms with Crippen LogP contribution < -0.4 is 4.74 Å². The van der Waals surface area contributed by atoms with Crippen molar-refractivity contribution in [3.05, 3.63) is 47.5 Å². The number of amides is 1. The first-order chi connectivity index (χ1) is 11.1. The molecule has 1 fully saturated rings. The average Bonchev–Trinajstić information content (AvgIpc) is 3.00. The standard InChI is InChI=1S/C17H20FN3O2/c1-12-9-15(20-19-12)13-5-4-8-21(10-13)17(22)11-23-16-7-3-2-6-14(16)18/h2-3,6-7,9,13H,4-5,8,10-11H2,1H3,(H,19,20)/t13-/m0/s1. The van der Waals surface area contributed by atoms with E-state index in [9.17, 15) is 9.18 Å². The number of hydrogen-bond donors (Lipinski definition) is 1. The molecular weight excluding hydrogens is 297 g/mol. The molecule has 1 aromatic carbocycles. The highest BCUT2D eigenvalue weighted by molar-refractivity contribution is 5.78. The molecule has 0 bridgehead atoms. The quantitative estimate of drug-likeness (QED) is 0.943. The number of benzene rings is 1. The van der Waals surface area contributed by atoms with Crippen molar-refractivity contribution in [3.8, 4) is 5.75 Å². The van der Waals surface area contributed by atoms with Gasteiger partial charge in [-0.3, -0.25) is 9.89 Å². The summed E-state index contributed by atoms with van der Waals surface area (Å²) >= 11 is 0. The number of halogens is 1. The summed E-state index contributed by atoms with van der Waals surface area (Å²) in [5.41, 5.74) is 2.02. The molecular formula is C17H20FN3O2. The van der Waals surface area contributed by atoms with Crippen LogP contribution >= 0.6 is 0 Å². The maximum Gasteiger partial charge on any atom is 0.260 e. The molecule has 23 heavy (non-hydrogen) atoms. The molecule has 0 saturated carbocycles. The van der Waals surface area contributed by atoms with Crippen molar-refractivity contribution in [2.75, 3.05) is 19.7 Å². The molecule has 1 amide bonds. The Hall–Kier alpha value is -2.37. The minimum atomic E-state index is -0.455. The van der Waals surface area contributed by atoms with Crippen LogP contribution in [0.2, 0.25) is 0 Å². The predicted octanol–water partition coefficient (Wildman–Crippen LogP) is 2.64. The summed E-state index contributed by atoms with van der Waals surface area (Å²) in [4.78, 5) is 14.1. The zero-order valence-corrected chi connectivity index (χ0v) is 13.1. The van der Waals surface area contributed by atoms with Crippen LogP contribution in [0.15, 0.2) is 30.3 Å². The molecule has 1 atom stereocenters. The van der Waals surface area contributed by atoms with Crippen LogP contribution in [0.4, 0.5) is 4.39 Å². The lowest BCUT2D eigenvalue weighted by Gasteiger charge is -2.31. The molecule has 0 spiro atoms. The summed E-state index contributed by atoms with van der Waals surface area (Å²) in [6.07, 6.45) is 1.95. The van der Waals surface area contributed by atoms with Gasteiger partial charge in [0.15, 0.2) is 18.2 Å². The molecule has 1 saturated heterocycles. The van der Waals surface area contributed by atoms with Crippen LogP contribution in [0.1, 0.15) is 30.1 Å². The van der Waals surface area contributed by atoms with Crippen LogP contribution in [0.25, 0.3) is 0 Å². The number of aromatic nitrogens is 2. The predicted molar refractivity (Wildman–Crippen MR) is 83.8 cm³/mol. The van der Waals surface area contributed by atoms with Crippen LogP contribution in [0, 0.1) is 12.7 Å². The average molecular weight is 317 g/mol. The third-order valence-corrected chi connectivity index (χ3v) is 4.11. The fourth-order valence-corrected chi connectivity index (χ4v) is 2.89. The largest absolute Gasteiger partial charge is 0.481 e. The van der Waals surface area contributed by atoms with E-state index in [4.69, 9.17) is 4.74 Å². The number of carbonyl (C=O) groups is 1. The molecule has 1 N–H and O–H groups in total. The lowest BCUT2D eigenvalue weighted by molar-refractivity contribution is -0.134. The summed E-state index contributed by atoms with van der Waals surface area (Å²) in [5.74, 6) is -0.225. The number of carbonyl (C=O) groups excluding carboxylic acids is 1. The number of aryl methyl sites for hydroxylation is 1. The van der Waals surface area contributed by atoms with Crippen molar-refractivity contribution >= 4 is 5.91 Å². The highest BCUT2D eigenvalue weighted by Gasteiger charge is 2.26. The molecule has 0 radical (unpaired) electrons. The van der Waals surface area contributed by atoms with Gasteiger partial charge in [-0.05, 0) is 38.0 Å². The van der Waals surface area contributed by atoms with Crippen molar-refractivity contribution < 1.29 is 13.9 Å². The number of hydrogen-bond acceptors (Lipinski definition) is 3. The van der Waals surface area contributed by atoms with Gasteiger partial charge in [-0.25, -0.2) is 4.39 Å². The Bertz CT molecular complexity index is 686. The first-order valence-electron chi connectivity index (χ1n) is 7.80. The van der Waals surface area contributed by atoms with Gasteiger partial charge < -0.3 is 9.64 Å². The van der Waals surface area contributed by atoms with E-state index in [0.29, 0.717) is 13.1 Å². The third kappa shape index (κ3) is 3.70. The first kappa shape index (κ1) is 15.5. The molecule has 122 valence electrons. The molecule has 0 unspecified atom stereocenters. The second-order valence-corrected chi connectivity index (χ2v) is 5.87. The number of aromatic amines is 1. The Labute approximate surface area is 134 Å². The Morgan fingerprint density at radius 2 is 2.30 bits per heavy atom. The number of H-pyrrole nitrogens is 1. The topological polar surface area (TPSA) is 58.2 Å². The number of likely N-dealkylation sites (tertiary alicyclic amines) is 1. The monoisotopic (exact) mass is 317 g/mol. The normalized spacial score (nSPS) is 18.0. The lowest BCUT2D eigenvalue weighted by atomic mass is 9.94. The van der Waals surface area contributed by atoms with Gasteiger partial charge in [0.2, 0.25) is 0 Å². The molecule has 2 aromatic rings. The summed E-state index contributed by atoms with van der Waals surface area (Å²) in [5, 5.41) is 7.24. The zero-order valence-electron chi connectivity index (χ0n) is 13.1. The van der Waals surface area contributed by atoms with E-state index < -0.39 is 5.82 Å². The Kier molecular flexibility index (Phi) is 4.60. The van der Waals surface area contributed by atoms with Gasteiger partial charge in [-0.15, -0.1) is 0 Å². The first-order valence-corrected chi connectivity index (χ1v) is 7.80. The molecule has 3 rings (SSSR count). The maximum absolute atomic E-state index is 13.5. The van der Waals surface area contributed by atoms with Gasteiger partial charge in [0, 0.05) is 24.7 Å². The Morgan fingerprint density at radius 1 is 1.48 bits per heavy atom. The fourth-order valence-electron chi connectivity index (χ4n) is 2.89. The molecule has 5 nitrogen and oxygen atoms in total. The maximum atomic E-state index is 13.5. The minimum Gasteiger partial charge on any atom is -0.481 e. The number of nitrogens with one attached hydrogen (secondary N) is 1. The van der Waals surface area contributed by atoms with Crippen molar-refractivity contribution in [2.24, 2.45) is 0 Å². The Balaban J connectivity index is 1.58. The van der Waals surface area contributed by atoms with E-state index in [1.165, 1.54) is 12.1 Å². The van der Waals surface area contributed by atoms with Crippen LogP contribution in [0.5, 0.6) is 5.75 Å². The lowest BCUT2D eigenvalue weighted by Crippen LogP contribution is -2.41. The Morgan fingerprint density at radius 3 is 3.04 bits per heavy atom. The van der Waals surface area contributed by atoms with E-state index >= 15 is 0 Å². The van der Waals surface area contributed by atoms with E-state index in [2.05, 4.69) is 10.2 Å². The highest BCUT2D eigenvalue weighted by Crippen LogP contribution is 2.26. The van der Waals surface area contributed by atoms with E-state index in [1.807, 2.05) is 13.0 Å².